The lowest BCUT2D eigenvalue weighted by molar-refractivity contribution is -0.384. The lowest BCUT2D eigenvalue weighted by Crippen LogP contribution is -1.91. The Labute approximate surface area is 140 Å². The minimum absolute atomic E-state index is 0.0341. The van der Waals surface area contributed by atoms with Crippen molar-refractivity contribution in [3.8, 4) is 11.3 Å². The van der Waals surface area contributed by atoms with Gasteiger partial charge in [0.2, 0.25) is 0 Å². The molecule has 0 atom stereocenters. The van der Waals surface area contributed by atoms with E-state index in [0.29, 0.717) is 27.6 Å². The Morgan fingerprint density at radius 3 is 2.58 bits per heavy atom. The first-order valence-corrected chi connectivity index (χ1v) is 7.17. The molecule has 7 nitrogen and oxygen atoms in total. The number of nitrogens with zero attached hydrogens (tertiary/aromatic N) is 3. The molecule has 0 saturated carbocycles. The van der Waals surface area contributed by atoms with Crippen molar-refractivity contribution in [1.82, 2.24) is 9.38 Å². The number of non-ortho nitro benzene ring substituents is 1. The van der Waals surface area contributed by atoms with Crippen LogP contribution < -0.4 is 0 Å². The van der Waals surface area contributed by atoms with Crippen LogP contribution in [0.15, 0.2) is 48.7 Å². The van der Waals surface area contributed by atoms with Crippen LogP contribution in [0.2, 0.25) is 5.02 Å². The molecular formula is C16H10ClN3O4. The Kier molecular flexibility index (Phi) is 4.01. The molecule has 0 radical (unpaired) electrons. The number of hydrogen-bond acceptors (Lipinski definition) is 4. The van der Waals surface area contributed by atoms with E-state index >= 15 is 0 Å². The highest BCUT2D eigenvalue weighted by molar-refractivity contribution is 6.30. The maximum Gasteiger partial charge on any atom is 0.328 e. The summed E-state index contributed by atoms with van der Waals surface area (Å²) in [5.74, 6) is -1.10. The van der Waals surface area contributed by atoms with E-state index in [-0.39, 0.29) is 5.69 Å². The fourth-order valence-electron chi connectivity index (χ4n) is 2.30. The largest absolute Gasteiger partial charge is 0.478 e. The number of nitro benzene ring substituents is 1. The summed E-state index contributed by atoms with van der Waals surface area (Å²) in [6.45, 7) is 0. The van der Waals surface area contributed by atoms with Crippen molar-refractivity contribution < 1.29 is 14.8 Å². The summed E-state index contributed by atoms with van der Waals surface area (Å²) < 4.78 is 1.67. The van der Waals surface area contributed by atoms with Crippen molar-refractivity contribution in [3.63, 3.8) is 0 Å². The van der Waals surface area contributed by atoms with Gasteiger partial charge in [0.1, 0.15) is 5.65 Å². The Bertz CT molecular complexity index is 977. The number of fused-ring (bicyclic) bond motifs is 1. The van der Waals surface area contributed by atoms with Gasteiger partial charge in [0.05, 0.1) is 21.3 Å². The second-order valence-electron chi connectivity index (χ2n) is 4.90. The van der Waals surface area contributed by atoms with Crippen molar-refractivity contribution in [3.05, 3.63) is 69.5 Å². The molecule has 0 aliphatic rings. The van der Waals surface area contributed by atoms with Gasteiger partial charge in [-0.2, -0.15) is 0 Å². The summed E-state index contributed by atoms with van der Waals surface area (Å²) >= 11 is 6.00. The van der Waals surface area contributed by atoms with Crippen LogP contribution in [-0.2, 0) is 4.79 Å². The average molecular weight is 344 g/mol. The number of aromatic nitrogens is 2. The third-order valence-corrected chi connectivity index (χ3v) is 3.58. The molecule has 0 aliphatic carbocycles. The molecule has 0 saturated heterocycles. The molecule has 120 valence electrons. The van der Waals surface area contributed by atoms with Gasteiger partial charge >= 0.3 is 5.97 Å². The molecule has 2 heterocycles. The Morgan fingerprint density at radius 2 is 1.96 bits per heavy atom. The number of aliphatic carboxylic acids is 1. The standard InChI is InChI=1S/C16H10ClN3O4/c17-11-3-7-14-18-16(10-1-4-12(5-2-10)20(23)24)13(19(14)9-11)6-8-15(21)22/h1-9H,(H,21,22)/b8-6+. The highest BCUT2D eigenvalue weighted by Gasteiger charge is 2.14. The fraction of sp³-hybridized carbons (Fsp3) is 0. The van der Waals surface area contributed by atoms with Crippen LogP contribution in [0.25, 0.3) is 23.0 Å². The fourth-order valence-corrected chi connectivity index (χ4v) is 2.46. The van der Waals surface area contributed by atoms with Crippen molar-refractivity contribution in [1.29, 1.82) is 0 Å². The van der Waals surface area contributed by atoms with Crippen LogP contribution in [0.5, 0.6) is 0 Å². The van der Waals surface area contributed by atoms with Crippen LogP contribution in [0.3, 0.4) is 0 Å². The number of carbonyl (C=O) groups is 1. The maximum atomic E-state index is 10.8. The lowest BCUT2D eigenvalue weighted by Gasteiger charge is -2.01. The topological polar surface area (TPSA) is 97.7 Å². The molecule has 8 heteroatoms. The van der Waals surface area contributed by atoms with Gasteiger partial charge in [-0.1, -0.05) is 11.6 Å². The first-order valence-electron chi connectivity index (χ1n) is 6.79. The predicted octanol–water partition coefficient (Wildman–Crippen LogP) is 3.66. The van der Waals surface area contributed by atoms with E-state index in [0.717, 1.165) is 6.08 Å². The van der Waals surface area contributed by atoms with Gasteiger partial charge in [-0.15, -0.1) is 0 Å². The number of carboxylic acids is 1. The summed E-state index contributed by atoms with van der Waals surface area (Å²) in [5.41, 5.74) is 2.20. The number of hydrogen-bond donors (Lipinski definition) is 1. The smallest absolute Gasteiger partial charge is 0.328 e. The number of nitro groups is 1. The van der Waals surface area contributed by atoms with Gasteiger partial charge in [0, 0.05) is 30.0 Å². The molecule has 0 fully saturated rings. The van der Waals surface area contributed by atoms with Gasteiger partial charge in [0.15, 0.2) is 0 Å². The van der Waals surface area contributed by atoms with Crippen LogP contribution in [0, 0.1) is 10.1 Å². The van der Waals surface area contributed by atoms with E-state index in [1.165, 1.54) is 18.2 Å². The quantitative estimate of drug-likeness (QED) is 0.443. The summed E-state index contributed by atoms with van der Waals surface area (Å²) in [6, 6.07) is 9.26. The number of halogens is 1. The van der Waals surface area contributed by atoms with Gasteiger partial charge in [-0.3, -0.25) is 14.5 Å². The summed E-state index contributed by atoms with van der Waals surface area (Å²) in [6.07, 6.45) is 4.04. The summed E-state index contributed by atoms with van der Waals surface area (Å²) in [7, 11) is 0. The molecule has 1 N–H and O–H groups in total. The molecule has 24 heavy (non-hydrogen) atoms. The number of rotatable bonds is 4. The van der Waals surface area contributed by atoms with E-state index in [1.54, 1.807) is 34.9 Å². The number of pyridine rings is 1. The van der Waals surface area contributed by atoms with Crippen LogP contribution in [0.1, 0.15) is 5.69 Å². The summed E-state index contributed by atoms with van der Waals surface area (Å²) in [4.78, 5) is 25.6. The minimum Gasteiger partial charge on any atom is -0.478 e. The maximum absolute atomic E-state index is 10.8. The normalized spacial score (nSPS) is 11.2. The SMILES string of the molecule is O=C(O)/C=C/c1c(-c2ccc([N+](=O)[O-])cc2)nc2ccc(Cl)cn12. The Balaban J connectivity index is 2.20. The van der Waals surface area contributed by atoms with Gasteiger partial charge < -0.3 is 5.11 Å². The predicted molar refractivity (Wildman–Crippen MR) is 89.0 cm³/mol. The first kappa shape index (κ1) is 15.7. The van der Waals surface area contributed by atoms with Crippen LogP contribution >= 0.6 is 11.6 Å². The molecule has 0 unspecified atom stereocenters. The molecular weight excluding hydrogens is 334 g/mol. The van der Waals surface area contributed by atoms with Gasteiger partial charge in [-0.25, -0.2) is 9.78 Å². The number of benzene rings is 1. The van der Waals surface area contributed by atoms with E-state index < -0.39 is 10.9 Å². The van der Waals surface area contributed by atoms with Gasteiger partial charge in [0.25, 0.3) is 5.69 Å². The molecule has 3 aromatic rings. The molecule has 0 spiro atoms. The van der Waals surface area contributed by atoms with Crippen molar-refractivity contribution in [2.24, 2.45) is 0 Å². The zero-order valence-electron chi connectivity index (χ0n) is 12.1. The van der Waals surface area contributed by atoms with E-state index in [2.05, 4.69) is 4.98 Å². The molecule has 3 rings (SSSR count). The Morgan fingerprint density at radius 1 is 1.25 bits per heavy atom. The zero-order chi connectivity index (χ0) is 17.3. The number of carboxylic acid groups (broad SMARTS) is 1. The molecule has 1 aromatic carbocycles. The van der Waals surface area contributed by atoms with Crippen molar-refractivity contribution in [2.75, 3.05) is 0 Å². The highest BCUT2D eigenvalue weighted by Crippen LogP contribution is 2.28. The van der Waals surface area contributed by atoms with Crippen molar-refractivity contribution in [2.45, 2.75) is 0 Å². The minimum atomic E-state index is -1.10. The second kappa shape index (κ2) is 6.13. The van der Waals surface area contributed by atoms with E-state index in [4.69, 9.17) is 16.7 Å². The number of imidazole rings is 1. The highest BCUT2D eigenvalue weighted by atomic mass is 35.5. The van der Waals surface area contributed by atoms with E-state index in [9.17, 15) is 14.9 Å². The molecule has 2 aromatic heterocycles. The monoisotopic (exact) mass is 343 g/mol. The summed E-state index contributed by atoms with van der Waals surface area (Å²) in [5, 5.41) is 20.1. The van der Waals surface area contributed by atoms with Gasteiger partial charge in [-0.05, 0) is 30.3 Å². The third kappa shape index (κ3) is 2.97. The van der Waals surface area contributed by atoms with E-state index in [1.807, 2.05) is 0 Å². The van der Waals surface area contributed by atoms with Crippen LogP contribution in [-0.4, -0.2) is 25.4 Å². The first-order chi connectivity index (χ1) is 11.5. The molecule has 0 aliphatic heterocycles. The molecule has 0 bridgehead atoms. The van der Waals surface area contributed by atoms with Crippen molar-refractivity contribution >= 4 is 35.0 Å². The Hall–Kier alpha value is -3.19. The van der Waals surface area contributed by atoms with Crippen LogP contribution in [0.4, 0.5) is 5.69 Å². The second-order valence-corrected chi connectivity index (χ2v) is 5.33. The third-order valence-electron chi connectivity index (χ3n) is 3.35. The average Bonchev–Trinajstić information content (AvgIpc) is 2.90. The zero-order valence-corrected chi connectivity index (χ0v) is 12.8. The lowest BCUT2D eigenvalue weighted by atomic mass is 10.1. The molecule has 0 amide bonds.